The van der Waals surface area contributed by atoms with E-state index in [9.17, 15) is 14.4 Å². The third-order valence-corrected chi connectivity index (χ3v) is 5.54. The van der Waals surface area contributed by atoms with Crippen molar-refractivity contribution in [3.8, 4) is 0 Å². The van der Waals surface area contributed by atoms with E-state index in [0.29, 0.717) is 29.9 Å². The summed E-state index contributed by atoms with van der Waals surface area (Å²) in [6.07, 6.45) is 0.813. The van der Waals surface area contributed by atoms with Crippen LogP contribution in [-0.2, 0) is 13.0 Å². The van der Waals surface area contributed by atoms with Crippen LogP contribution < -0.4 is 15.5 Å². The number of hydrogen-bond acceptors (Lipinski definition) is 3. The molecule has 0 fully saturated rings. The Bertz CT molecular complexity index is 1200. The first-order chi connectivity index (χ1) is 15.4. The lowest BCUT2D eigenvalue weighted by Crippen LogP contribution is -2.29. The minimum Gasteiger partial charge on any atom is -0.334 e. The standard InChI is InChI=1S/C26H25N3O3/c1-17-5-3-7-22(13-17)25(31)29-12-11-20-10-9-19(14-24(20)29)16-27-26(32)28-23-8-4-6-21(15-23)18(2)30/h3-10,13-15H,11-12,16H2,1-2H3,(H2,27,28,32). The molecule has 2 N–H and O–H groups in total. The second-order valence-electron chi connectivity index (χ2n) is 7.98. The van der Waals surface area contributed by atoms with E-state index in [-0.39, 0.29) is 17.7 Å². The van der Waals surface area contributed by atoms with Crippen molar-refractivity contribution < 1.29 is 14.4 Å². The largest absolute Gasteiger partial charge is 0.334 e. The van der Waals surface area contributed by atoms with Crippen LogP contribution >= 0.6 is 0 Å². The lowest BCUT2D eigenvalue weighted by atomic mass is 10.1. The van der Waals surface area contributed by atoms with Gasteiger partial charge in [0.25, 0.3) is 5.91 Å². The van der Waals surface area contributed by atoms with Crippen LogP contribution in [0.3, 0.4) is 0 Å². The van der Waals surface area contributed by atoms with Crippen molar-refractivity contribution >= 4 is 29.1 Å². The van der Waals surface area contributed by atoms with Gasteiger partial charge in [0, 0.05) is 35.6 Å². The van der Waals surface area contributed by atoms with Crippen LogP contribution in [0.25, 0.3) is 0 Å². The lowest BCUT2D eigenvalue weighted by molar-refractivity contribution is 0.0987. The maximum atomic E-state index is 13.0. The Kier molecular flexibility index (Phi) is 6.03. The molecule has 3 aromatic carbocycles. The zero-order valence-electron chi connectivity index (χ0n) is 18.1. The number of fused-ring (bicyclic) bond motifs is 1. The van der Waals surface area contributed by atoms with Crippen molar-refractivity contribution in [1.29, 1.82) is 0 Å². The third-order valence-electron chi connectivity index (χ3n) is 5.54. The first-order valence-electron chi connectivity index (χ1n) is 10.6. The summed E-state index contributed by atoms with van der Waals surface area (Å²) in [7, 11) is 0. The Morgan fingerprint density at radius 1 is 0.938 bits per heavy atom. The van der Waals surface area contributed by atoms with Crippen molar-refractivity contribution in [2.75, 3.05) is 16.8 Å². The fourth-order valence-electron chi connectivity index (χ4n) is 3.85. The molecule has 0 aliphatic carbocycles. The molecule has 0 saturated carbocycles. The molecule has 1 aliphatic heterocycles. The first-order valence-corrected chi connectivity index (χ1v) is 10.6. The molecule has 1 aliphatic rings. The fraction of sp³-hybridized carbons (Fsp3) is 0.192. The quantitative estimate of drug-likeness (QED) is 0.578. The number of amides is 3. The molecule has 3 aromatic rings. The van der Waals surface area contributed by atoms with Crippen LogP contribution in [0, 0.1) is 6.92 Å². The second kappa shape index (κ2) is 9.06. The van der Waals surface area contributed by atoms with Gasteiger partial charge in [-0.2, -0.15) is 0 Å². The van der Waals surface area contributed by atoms with Crippen LogP contribution in [0.15, 0.2) is 66.7 Å². The Morgan fingerprint density at radius 2 is 1.72 bits per heavy atom. The minimum atomic E-state index is -0.362. The number of carbonyl (C=O) groups is 3. The molecule has 0 aromatic heterocycles. The first kappa shape index (κ1) is 21.3. The summed E-state index contributed by atoms with van der Waals surface area (Å²) >= 11 is 0. The molecule has 3 amide bonds. The fourth-order valence-corrected chi connectivity index (χ4v) is 3.85. The Balaban J connectivity index is 1.42. The summed E-state index contributed by atoms with van der Waals surface area (Å²) in [6.45, 7) is 4.42. The van der Waals surface area contributed by atoms with Gasteiger partial charge in [-0.25, -0.2) is 4.79 Å². The highest BCUT2D eigenvalue weighted by Gasteiger charge is 2.25. The third kappa shape index (κ3) is 4.70. The number of aryl methyl sites for hydroxylation is 1. The Morgan fingerprint density at radius 3 is 2.50 bits per heavy atom. The summed E-state index contributed by atoms with van der Waals surface area (Å²) in [5, 5.41) is 5.58. The van der Waals surface area contributed by atoms with Crippen LogP contribution in [0.1, 0.15) is 44.3 Å². The number of ketones is 1. The van der Waals surface area contributed by atoms with E-state index in [1.807, 2.05) is 49.4 Å². The van der Waals surface area contributed by atoms with Gasteiger partial charge in [-0.05, 0) is 61.7 Å². The Labute approximate surface area is 187 Å². The summed E-state index contributed by atoms with van der Waals surface area (Å²) in [6, 6.07) is 20.0. The zero-order chi connectivity index (χ0) is 22.7. The monoisotopic (exact) mass is 427 g/mol. The number of rotatable bonds is 5. The van der Waals surface area contributed by atoms with Crippen molar-refractivity contribution in [2.24, 2.45) is 0 Å². The molecular weight excluding hydrogens is 402 g/mol. The van der Waals surface area contributed by atoms with Gasteiger partial charge >= 0.3 is 6.03 Å². The van der Waals surface area contributed by atoms with Crippen LogP contribution in [0.2, 0.25) is 0 Å². The van der Waals surface area contributed by atoms with Gasteiger partial charge in [0.2, 0.25) is 0 Å². The molecule has 0 saturated heterocycles. The lowest BCUT2D eigenvalue weighted by Gasteiger charge is -2.18. The van der Waals surface area contributed by atoms with Gasteiger partial charge in [-0.15, -0.1) is 0 Å². The number of urea groups is 1. The average molecular weight is 428 g/mol. The summed E-state index contributed by atoms with van der Waals surface area (Å²) in [5.74, 6) is -0.0716. The summed E-state index contributed by atoms with van der Waals surface area (Å²) in [4.78, 5) is 38.7. The van der Waals surface area contributed by atoms with E-state index >= 15 is 0 Å². The summed E-state index contributed by atoms with van der Waals surface area (Å²) < 4.78 is 0. The van der Waals surface area contributed by atoms with E-state index in [1.54, 1.807) is 29.2 Å². The van der Waals surface area contributed by atoms with Gasteiger partial charge in [-0.1, -0.05) is 42.0 Å². The van der Waals surface area contributed by atoms with E-state index in [2.05, 4.69) is 10.6 Å². The topological polar surface area (TPSA) is 78.5 Å². The Hall–Kier alpha value is -3.93. The van der Waals surface area contributed by atoms with E-state index in [1.165, 1.54) is 6.92 Å². The number of nitrogens with zero attached hydrogens (tertiary/aromatic N) is 1. The maximum Gasteiger partial charge on any atom is 0.319 e. The number of carbonyl (C=O) groups excluding carboxylic acids is 3. The molecular formula is C26H25N3O3. The van der Waals surface area contributed by atoms with Crippen molar-refractivity contribution in [1.82, 2.24) is 5.32 Å². The highest BCUT2D eigenvalue weighted by atomic mass is 16.2. The van der Waals surface area contributed by atoms with Crippen molar-refractivity contribution in [3.63, 3.8) is 0 Å². The molecule has 1 heterocycles. The predicted molar refractivity (Wildman–Crippen MR) is 125 cm³/mol. The molecule has 6 nitrogen and oxygen atoms in total. The number of hydrogen-bond donors (Lipinski definition) is 2. The molecule has 4 rings (SSSR count). The number of benzene rings is 3. The molecule has 6 heteroatoms. The zero-order valence-corrected chi connectivity index (χ0v) is 18.1. The normalized spacial score (nSPS) is 12.2. The SMILES string of the molecule is CC(=O)c1cccc(NC(=O)NCc2ccc3c(c2)N(C(=O)c2cccc(C)c2)CC3)c1. The molecule has 32 heavy (non-hydrogen) atoms. The van der Waals surface area contributed by atoms with E-state index in [4.69, 9.17) is 0 Å². The molecule has 0 radical (unpaired) electrons. The smallest absolute Gasteiger partial charge is 0.319 e. The van der Waals surface area contributed by atoms with E-state index in [0.717, 1.165) is 28.8 Å². The van der Waals surface area contributed by atoms with Crippen LogP contribution in [-0.4, -0.2) is 24.3 Å². The second-order valence-corrected chi connectivity index (χ2v) is 7.98. The summed E-state index contributed by atoms with van der Waals surface area (Å²) in [5.41, 5.74) is 5.74. The van der Waals surface area contributed by atoms with Crippen molar-refractivity contribution in [3.05, 3.63) is 94.5 Å². The molecule has 0 unspecified atom stereocenters. The maximum absolute atomic E-state index is 13.0. The van der Waals surface area contributed by atoms with Gasteiger partial charge in [0.15, 0.2) is 5.78 Å². The molecule has 0 bridgehead atoms. The highest BCUT2D eigenvalue weighted by molar-refractivity contribution is 6.07. The number of nitrogens with one attached hydrogen (secondary N) is 2. The number of anilines is 2. The highest BCUT2D eigenvalue weighted by Crippen LogP contribution is 2.30. The van der Waals surface area contributed by atoms with Crippen LogP contribution in [0.4, 0.5) is 16.2 Å². The van der Waals surface area contributed by atoms with Gasteiger partial charge in [0.1, 0.15) is 0 Å². The molecule has 0 atom stereocenters. The minimum absolute atomic E-state index is 0.0133. The number of Topliss-reactive ketones (excluding diaryl/α,β-unsaturated/α-hetero) is 1. The average Bonchev–Trinajstić information content (AvgIpc) is 3.20. The van der Waals surface area contributed by atoms with Crippen LogP contribution in [0.5, 0.6) is 0 Å². The van der Waals surface area contributed by atoms with E-state index < -0.39 is 0 Å². The van der Waals surface area contributed by atoms with Gasteiger partial charge in [-0.3, -0.25) is 9.59 Å². The predicted octanol–water partition coefficient (Wildman–Crippen LogP) is 4.72. The molecule has 0 spiro atoms. The van der Waals surface area contributed by atoms with Gasteiger partial charge in [0.05, 0.1) is 0 Å². The molecule has 162 valence electrons. The van der Waals surface area contributed by atoms with Crippen molar-refractivity contribution in [2.45, 2.75) is 26.8 Å². The van der Waals surface area contributed by atoms with Gasteiger partial charge < -0.3 is 15.5 Å².